The molecule has 1 aromatic carbocycles. The molecule has 3 rings (SSSR count). The summed E-state index contributed by atoms with van der Waals surface area (Å²) in [7, 11) is 0. The highest BCUT2D eigenvalue weighted by Crippen LogP contribution is 2.35. The van der Waals surface area contributed by atoms with E-state index in [1.807, 2.05) is 0 Å². The Bertz CT molecular complexity index is 912. The van der Waals surface area contributed by atoms with E-state index in [1.54, 1.807) is 39.0 Å². The number of hydrogen-bond donors (Lipinski definition) is 2. The number of benzene rings is 1. The smallest absolute Gasteiger partial charge is 0.353 e. The van der Waals surface area contributed by atoms with Gasteiger partial charge < -0.3 is 9.84 Å². The van der Waals surface area contributed by atoms with Crippen molar-refractivity contribution in [2.45, 2.75) is 32.8 Å². The third kappa shape index (κ3) is 2.95. The molecule has 2 aromatic rings. The van der Waals surface area contributed by atoms with E-state index in [-0.39, 0.29) is 17.4 Å². The van der Waals surface area contributed by atoms with Gasteiger partial charge in [0.25, 0.3) is 0 Å². The van der Waals surface area contributed by atoms with Crippen LogP contribution in [0.4, 0.5) is 0 Å². The topological polar surface area (TPSA) is 127 Å². The van der Waals surface area contributed by atoms with Crippen LogP contribution < -0.4 is 5.43 Å². The van der Waals surface area contributed by atoms with Gasteiger partial charge in [0.05, 0.1) is 17.6 Å². The Balaban J connectivity index is 2.20. The lowest BCUT2D eigenvalue weighted by Crippen LogP contribution is -2.35. The summed E-state index contributed by atoms with van der Waals surface area (Å²) in [4.78, 5) is 24.3. The van der Waals surface area contributed by atoms with Crippen LogP contribution in [0.15, 0.2) is 39.2 Å². The first-order chi connectivity index (χ1) is 11.9. The maximum absolute atomic E-state index is 12.6. The van der Waals surface area contributed by atoms with Crippen molar-refractivity contribution in [3.8, 4) is 0 Å². The molecule has 1 atom stereocenters. The summed E-state index contributed by atoms with van der Waals surface area (Å²) in [5.74, 6) is -2.83. The van der Waals surface area contributed by atoms with Gasteiger partial charge in [-0.3, -0.25) is 5.43 Å². The van der Waals surface area contributed by atoms with Crippen LogP contribution in [0.25, 0.3) is 11.0 Å². The Kier molecular flexibility index (Phi) is 4.22. The molecular formula is C16H16N4O5. The van der Waals surface area contributed by atoms with Gasteiger partial charge in [0.2, 0.25) is 0 Å². The van der Waals surface area contributed by atoms with Crippen molar-refractivity contribution >= 4 is 28.7 Å². The summed E-state index contributed by atoms with van der Waals surface area (Å²) < 4.78 is 10.0. The van der Waals surface area contributed by atoms with Gasteiger partial charge in [-0.15, -0.1) is 0 Å². The molecule has 0 aliphatic carbocycles. The van der Waals surface area contributed by atoms with Crippen molar-refractivity contribution < 1.29 is 24.1 Å². The number of carboxylic acids is 1. The van der Waals surface area contributed by atoms with E-state index < -0.39 is 17.9 Å². The van der Waals surface area contributed by atoms with Crippen LogP contribution in [0.2, 0.25) is 0 Å². The fourth-order valence-corrected chi connectivity index (χ4v) is 2.70. The zero-order valence-corrected chi connectivity index (χ0v) is 13.8. The van der Waals surface area contributed by atoms with E-state index in [0.29, 0.717) is 22.3 Å². The van der Waals surface area contributed by atoms with Gasteiger partial charge in [-0.25, -0.2) is 14.2 Å². The summed E-state index contributed by atoms with van der Waals surface area (Å²) in [6.07, 6.45) is -0.356. The summed E-state index contributed by atoms with van der Waals surface area (Å²) in [5.41, 5.74) is 4.20. The molecule has 1 aliphatic heterocycles. The van der Waals surface area contributed by atoms with Gasteiger partial charge in [0.1, 0.15) is 11.0 Å². The Hall–Kier alpha value is -3.23. The lowest BCUT2D eigenvalue weighted by molar-refractivity contribution is -0.142. The summed E-state index contributed by atoms with van der Waals surface area (Å²) >= 11 is 0. The normalized spacial score (nSPS) is 17.4. The number of rotatable bonds is 4. The number of hydrazone groups is 1. The number of aliphatic carboxylic acids is 1. The monoisotopic (exact) mass is 344 g/mol. The number of nitrogens with one attached hydrogen (secondary N) is 1. The Morgan fingerprint density at radius 2 is 2.08 bits per heavy atom. The number of allylic oxidation sites excluding steroid dienone is 1. The molecule has 0 saturated heterocycles. The highest BCUT2D eigenvalue weighted by molar-refractivity contribution is 6.40. The second-order valence-electron chi connectivity index (χ2n) is 5.82. The molecule has 0 saturated carbocycles. The second kappa shape index (κ2) is 6.34. The van der Waals surface area contributed by atoms with E-state index >= 15 is 0 Å². The first-order valence-corrected chi connectivity index (χ1v) is 7.60. The minimum absolute atomic E-state index is 0.164. The van der Waals surface area contributed by atoms with E-state index in [1.165, 1.54) is 0 Å². The Labute approximate surface area is 142 Å². The van der Waals surface area contributed by atoms with Crippen LogP contribution in [-0.2, 0) is 14.3 Å². The number of nitrogens with zero attached hydrogens (tertiary/aromatic N) is 3. The number of fused-ring (bicyclic) bond motifs is 1. The van der Waals surface area contributed by atoms with Gasteiger partial charge in [-0.1, -0.05) is 12.1 Å². The number of aromatic nitrogens is 2. The van der Waals surface area contributed by atoms with Crippen molar-refractivity contribution in [2.24, 2.45) is 5.10 Å². The molecule has 2 N–H and O–H groups in total. The highest BCUT2D eigenvalue weighted by atomic mass is 16.6. The fraction of sp³-hybridized carbons (Fsp3) is 0.312. The molecule has 0 fully saturated rings. The van der Waals surface area contributed by atoms with Crippen LogP contribution >= 0.6 is 0 Å². The Morgan fingerprint density at radius 3 is 2.76 bits per heavy atom. The molecular weight excluding hydrogens is 328 g/mol. The predicted octanol–water partition coefficient (Wildman–Crippen LogP) is 1.58. The second-order valence-corrected chi connectivity index (χ2v) is 5.82. The lowest BCUT2D eigenvalue weighted by atomic mass is 9.84. The minimum atomic E-state index is -1.26. The number of ether oxygens (including phenoxy) is 1. The molecule has 0 amide bonds. The maximum atomic E-state index is 12.6. The van der Waals surface area contributed by atoms with Gasteiger partial charge >= 0.3 is 11.9 Å². The van der Waals surface area contributed by atoms with E-state index in [9.17, 15) is 14.7 Å². The summed E-state index contributed by atoms with van der Waals surface area (Å²) in [6.45, 7) is 5.06. The average Bonchev–Trinajstić information content (AvgIpc) is 3.01. The molecule has 2 heterocycles. The predicted molar refractivity (Wildman–Crippen MR) is 86.7 cm³/mol. The van der Waals surface area contributed by atoms with Crippen molar-refractivity contribution in [1.29, 1.82) is 0 Å². The molecule has 0 spiro atoms. The molecule has 130 valence electrons. The van der Waals surface area contributed by atoms with Crippen LogP contribution in [0.1, 0.15) is 32.3 Å². The van der Waals surface area contributed by atoms with Crippen molar-refractivity contribution in [1.82, 2.24) is 15.7 Å². The quantitative estimate of drug-likeness (QED) is 0.800. The zero-order valence-electron chi connectivity index (χ0n) is 13.8. The minimum Gasteiger partial charge on any atom is -0.477 e. The number of esters is 1. The van der Waals surface area contributed by atoms with Crippen LogP contribution in [0, 0.1) is 0 Å². The molecule has 9 nitrogen and oxygen atoms in total. The third-order valence-corrected chi connectivity index (χ3v) is 3.72. The fourth-order valence-electron chi connectivity index (χ4n) is 2.70. The SMILES string of the molecule is CC1=C(C(=O)OC(C)C)C(c2cccc3nonc23)C(C(=O)O)=NN1. The van der Waals surface area contributed by atoms with Gasteiger partial charge in [0.15, 0.2) is 5.71 Å². The van der Waals surface area contributed by atoms with E-state index in [4.69, 9.17) is 9.37 Å². The maximum Gasteiger partial charge on any atom is 0.353 e. The zero-order chi connectivity index (χ0) is 18.1. The first-order valence-electron chi connectivity index (χ1n) is 7.60. The van der Waals surface area contributed by atoms with Crippen LogP contribution in [0.5, 0.6) is 0 Å². The summed E-state index contributed by atoms with van der Waals surface area (Å²) in [5, 5.41) is 21.0. The average molecular weight is 344 g/mol. The lowest BCUT2D eigenvalue weighted by Gasteiger charge is -2.26. The number of carboxylic acid groups (broad SMARTS) is 1. The summed E-state index contributed by atoms with van der Waals surface area (Å²) in [6, 6.07) is 5.03. The highest BCUT2D eigenvalue weighted by Gasteiger charge is 2.38. The van der Waals surface area contributed by atoms with Gasteiger partial charge in [-0.05, 0) is 42.7 Å². The van der Waals surface area contributed by atoms with Crippen molar-refractivity contribution in [3.05, 3.63) is 35.0 Å². The van der Waals surface area contributed by atoms with E-state index in [2.05, 4.69) is 20.8 Å². The van der Waals surface area contributed by atoms with Crippen molar-refractivity contribution in [2.75, 3.05) is 0 Å². The van der Waals surface area contributed by atoms with Gasteiger partial charge in [-0.2, -0.15) is 5.10 Å². The van der Waals surface area contributed by atoms with E-state index in [0.717, 1.165) is 0 Å². The number of carbonyl (C=O) groups excluding carboxylic acids is 1. The van der Waals surface area contributed by atoms with Gasteiger partial charge in [0, 0.05) is 5.70 Å². The first kappa shape index (κ1) is 16.6. The third-order valence-electron chi connectivity index (χ3n) is 3.72. The molecule has 1 aromatic heterocycles. The molecule has 1 aliphatic rings. The molecule has 25 heavy (non-hydrogen) atoms. The van der Waals surface area contributed by atoms with Crippen LogP contribution in [0.3, 0.4) is 0 Å². The molecule has 0 radical (unpaired) electrons. The largest absolute Gasteiger partial charge is 0.477 e. The molecule has 9 heteroatoms. The molecule has 0 bridgehead atoms. The number of hydrogen-bond acceptors (Lipinski definition) is 8. The standard InChI is InChI=1S/C16H16N4O5/c1-7(2)24-16(23)11-8(3)17-18-14(15(21)22)12(11)9-5-4-6-10-13(9)20-25-19-10/h4-7,12,17H,1-3H3,(H,21,22). The molecule has 1 unspecified atom stereocenters. The van der Waals surface area contributed by atoms with Crippen molar-refractivity contribution in [3.63, 3.8) is 0 Å². The Morgan fingerprint density at radius 1 is 1.32 bits per heavy atom. The van der Waals surface area contributed by atoms with Crippen LogP contribution in [-0.4, -0.2) is 39.2 Å². The number of carbonyl (C=O) groups is 2.